The van der Waals surface area contributed by atoms with Gasteiger partial charge in [-0.05, 0) is 44.4 Å². The van der Waals surface area contributed by atoms with Crippen LogP contribution in [0.25, 0.3) is 0 Å². The van der Waals surface area contributed by atoms with Crippen molar-refractivity contribution in [1.82, 2.24) is 10.6 Å². The molecule has 2 amide bonds. The van der Waals surface area contributed by atoms with E-state index in [9.17, 15) is 9.59 Å². The minimum Gasteiger partial charge on any atom is -0.444 e. The van der Waals surface area contributed by atoms with E-state index in [-0.39, 0.29) is 5.91 Å². The van der Waals surface area contributed by atoms with Gasteiger partial charge in [0, 0.05) is 13.1 Å². The Morgan fingerprint density at radius 3 is 2.27 bits per heavy atom. The highest BCUT2D eigenvalue weighted by atomic mass is 16.6. The predicted octanol–water partition coefficient (Wildman–Crippen LogP) is 2.56. The van der Waals surface area contributed by atoms with Crippen molar-refractivity contribution in [1.29, 1.82) is 0 Å². The van der Waals surface area contributed by atoms with Gasteiger partial charge in [0.05, 0.1) is 0 Å². The highest BCUT2D eigenvalue weighted by molar-refractivity contribution is 5.86. The van der Waals surface area contributed by atoms with Gasteiger partial charge >= 0.3 is 6.09 Å². The molecule has 0 aromatic heterocycles. The monoisotopic (exact) mass is 304 g/mol. The number of carbonyl (C=O) groups excluding carboxylic acids is 2. The molecule has 0 aliphatic heterocycles. The van der Waals surface area contributed by atoms with Crippen LogP contribution in [0.2, 0.25) is 0 Å². The lowest BCUT2D eigenvalue weighted by Gasteiger charge is -2.19. The Labute approximate surface area is 131 Å². The molecule has 0 spiro atoms. The van der Waals surface area contributed by atoms with E-state index in [1.807, 2.05) is 45.0 Å². The Balaban J connectivity index is 2.34. The zero-order valence-corrected chi connectivity index (χ0v) is 13.4. The summed E-state index contributed by atoms with van der Waals surface area (Å²) in [6.45, 7) is 9.88. The Bertz CT molecular complexity index is 516. The van der Waals surface area contributed by atoms with Gasteiger partial charge in [-0.2, -0.15) is 0 Å². The zero-order valence-electron chi connectivity index (χ0n) is 13.4. The van der Waals surface area contributed by atoms with Gasteiger partial charge in [0.15, 0.2) is 0 Å². The molecule has 0 saturated carbocycles. The van der Waals surface area contributed by atoms with E-state index in [1.165, 1.54) is 6.08 Å². The van der Waals surface area contributed by atoms with Crippen LogP contribution in [0.5, 0.6) is 0 Å². The summed E-state index contributed by atoms with van der Waals surface area (Å²) >= 11 is 0. The molecule has 1 aromatic rings. The molecule has 5 heteroatoms. The maximum absolute atomic E-state index is 11.5. The summed E-state index contributed by atoms with van der Waals surface area (Å²) in [6.07, 6.45) is 1.56. The summed E-state index contributed by atoms with van der Waals surface area (Å²) in [5.41, 5.74) is 1.63. The van der Waals surface area contributed by atoms with Gasteiger partial charge < -0.3 is 15.4 Å². The van der Waals surface area contributed by atoms with Gasteiger partial charge in [-0.25, -0.2) is 4.79 Å². The Morgan fingerprint density at radius 1 is 1.14 bits per heavy atom. The van der Waals surface area contributed by atoms with Crippen LogP contribution in [-0.4, -0.2) is 24.1 Å². The van der Waals surface area contributed by atoms with E-state index in [1.54, 1.807) is 0 Å². The SMILES string of the molecule is C=CC(=O)NCc1ccc(CCNC(=O)OC(C)(C)C)cc1. The Morgan fingerprint density at radius 2 is 1.73 bits per heavy atom. The number of alkyl carbamates (subject to hydrolysis) is 1. The first kappa shape index (κ1) is 17.8. The summed E-state index contributed by atoms with van der Waals surface area (Å²) in [7, 11) is 0. The second kappa shape index (κ2) is 8.22. The fourth-order valence-electron chi connectivity index (χ4n) is 1.71. The molecule has 5 nitrogen and oxygen atoms in total. The molecule has 0 fully saturated rings. The fraction of sp³-hybridized carbons (Fsp3) is 0.412. The van der Waals surface area contributed by atoms with Crippen LogP contribution in [0.1, 0.15) is 31.9 Å². The van der Waals surface area contributed by atoms with Crippen molar-refractivity contribution in [3.05, 3.63) is 48.0 Å². The first-order valence-electron chi connectivity index (χ1n) is 7.25. The van der Waals surface area contributed by atoms with Crippen LogP contribution in [0.15, 0.2) is 36.9 Å². The van der Waals surface area contributed by atoms with E-state index in [4.69, 9.17) is 4.74 Å². The molecule has 0 atom stereocenters. The van der Waals surface area contributed by atoms with Crippen LogP contribution in [0.4, 0.5) is 4.79 Å². The summed E-state index contributed by atoms with van der Waals surface area (Å²) < 4.78 is 5.16. The van der Waals surface area contributed by atoms with Crippen LogP contribution in [-0.2, 0) is 22.5 Å². The lowest BCUT2D eigenvalue weighted by molar-refractivity contribution is -0.116. The Kier molecular flexibility index (Phi) is 6.63. The maximum Gasteiger partial charge on any atom is 0.407 e. The Hall–Kier alpha value is -2.30. The molecule has 0 radical (unpaired) electrons. The van der Waals surface area contributed by atoms with E-state index in [0.717, 1.165) is 17.5 Å². The molecule has 0 aliphatic rings. The smallest absolute Gasteiger partial charge is 0.407 e. The van der Waals surface area contributed by atoms with Crippen molar-refractivity contribution in [2.24, 2.45) is 0 Å². The topological polar surface area (TPSA) is 67.4 Å². The number of amides is 2. The highest BCUT2D eigenvalue weighted by Crippen LogP contribution is 2.07. The number of benzene rings is 1. The second-order valence-electron chi connectivity index (χ2n) is 5.92. The van der Waals surface area contributed by atoms with Gasteiger partial charge in [0.1, 0.15) is 5.60 Å². The third-order valence-corrected chi connectivity index (χ3v) is 2.76. The molecule has 120 valence electrons. The zero-order chi connectivity index (χ0) is 16.6. The van der Waals surface area contributed by atoms with Crippen LogP contribution < -0.4 is 10.6 Å². The molecule has 0 bridgehead atoms. The van der Waals surface area contributed by atoms with Crippen molar-refractivity contribution in [2.75, 3.05) is 6.54 Å². The summed E-state index contributed by atoms with van der Waals surface area (Å²) in [6, 6.07) is 7.86. The van der Waals surface area contributed by atoms with Crippen molar-refractivity contribution in [3.63, 3.8) is 0 Å². The fourth-order valence-corrected chi connectivity index (χ4v) is 1.71. The van der Waals surface area contributed by atoms with Crippen LogP contribution >= 0.6 is 0 Å². The van der Waals surface area contributed by atoms with Gasteiger partial charge in [0.25, 0.3) is 0 Å². The maximum atomic E-state index is 11.5. The minimum atomic E-state index is -0.485. The number of hydrogen-bond donors (Lipinski definition) is 2. The standard InChI is InChI=1S/C17H24N2O3/c1-5-15(20)19-12-14-8-6-13(7-9-14)10-11-18-16(21)22-17(2,3)4/h5-9H,1,10-12H2,2-4H3,(H,18,21)(H,19,20). The van der Waals surface area contributed by atoms with E-state index in [0.29, 0.717) is 13.1 Å². The van der Waals surface area contributed by atoms with Crippen molar-refractivity contribution in [2.45, 2.75) is 39.3 Å². The van der Waals surface area contributed by atoms with E-state index < -0.39 is 11.7 Å². The summed E-state index contributed by atoms with van der Waals surface area (Å²) in [4.78, 5) is 22.6. The predicted molar refractivity (Wildman–Crippen MR) is 86.4 cm³/mol. The average Bonchev–Trinajstić information content (AvgIpc) is 2.44. The molecule has 0 unspecified atom stereocenters. The van der Waals surface area contributed by atoms with Crippen molar-refractivity contribution >= 4 is 12.0 Å². The minimum absolute atomic E-state index is 0.189. The van der Waals surface area contributed by atoms with Crippen LogP contribution in [0, 0.1) is 0 Å². The molecule has 0 heterocycles. The molecular weight excluding hydrogens is 280 g/mol. The highest BCUT2D eigenvalue weighted by Gasteiger charge is 2.15. The average molecular weight is 304 g/mol. The summed E-state index contributed by atoms with van der Waals surface area (Å²) in [5, 5.41) is 5.44. The molecular formula is C17H24N2O3. The first-order chi connectivity index (χ1) is 10.3. The lowest BCUT2D eigenvalue weighted by atomic mass is 10.1. The molecule has 0 aliphatic carbocycles. The number of carbonyl (C=O) groups is 2. The quantitative estimate of drug-likeness (QED) is 0.794. The van der Waals surface area contributed by atoms with E-state index >= 15 is 0 Å². The number of rotatable bonds is 6. The van der Waals surface area contributed by atoms with Crippen molar-refractivity contribution in [3.8, 4) is 0 Å². The van der Waals surface area contributed by atoms with Gasteiger partial charge in [-0.3, -0.25) is 4.79 Å². The van der Waals surface area contributed by atoms with Crippen LogP contribution in [0.3, 0.4) is 0 Å². The molecule has 22 heavy (non-hydrogen) atoms. The molecule has 1 rings (SSSR count). The first-order valence-corrected chi connectivity index (χ1v) is 7.25. The lowest BCUT2D eigenvalue weighted by Crippen LogP contribution is -2.33. The molecule has 2 N–H and O–H groups in total. The summed E-state index contributed by atoms with van der Waals surface area (Å²) in [5.74, 6) is -0.189. The second-order valence-corrected chi connectivity index (χ2v) is 5.92. The molecule has 0 saturated heterocycles. The van der Waals surface area contributed by atoms with E-state index in [2.05, 4.69) is 17.2 Å². The number of hydrogen-bond acceptors (Lipinski definition) is 3. The normalized spacial score (nSPS) is 10.7. The number of ether oxygens (including phenoxy) is 1. The molecule has 1 aromatic carbocycles. The van der Waals surface area contributed by atoms with Gasteiger partial charge in [-0.15, -0.1) is 0 Å². The largest absolute Gasteiger partial charge is 0.444 e. The van der Waals surface area contributed by atoms with Gasteiger partial charge in [-0.1, -0.05) is 30.8 Å². The van der Waals surface area contributed by atoms with Crippen molar-refractivity contribution < 1.29 is 14.3 Å². The van der Waals surface area contributed by atoms with Gasteiger partial charge in [0.2, 0.25) is 5.91 Å². The third kappa shape index (κ3) is 7.47. The third-order valence-electron chi connectivity index (χ3n) is 2.76. The number of nitrogens with one attached hydrogen (secondary N) is 2.